The Balaban J connectivity index is 1.78. The first kappa shape index (κ1) is 29.4. The summed E-state index contributed by atoms with van der Waals surface area (Å²) >= 11 is 0. The van der Waals surface area contributed by atoms with E-state index in [4.69, 9.17) is 19.9 Å². The van der Waals surface area contributed by atoms with Crippen molar-refractivity contribution in [2.24, 2.45) is 11.7 Å². The number of rotatable bonds is 7. The number of carbonyl (C=O) groups is 2. The van der Waals surface area contributed by atoms with Crippen molar-refractivity contribution in [3.63, 3.8) is 0 Å². The number of methoxy groups -OCH3 is 1. The van der Waals surface area contributed by atoms with Crippen LogP contribution in [-0.4, -0.2) is 53.8 Å². The van der Waals surface area contributed by atoms with Crippen molar-refractivity contribution in [3.8, 4) is 11.5 Å². The maximum atomic E-state index is 15.1. The second kappa shape index (κ2) is 10.1. The largest absolute Gasteiger partial charge is 0.493 e. The summed E-state index contributed by atoms with van der Waals surface area (Å²) in [5.74, 6) is -13.2. The molecule has 0 radical (unpaired) electrons. The molecule has 40 heavy (non-hydrogen) atoms. The van der Waals surface area contributed by atoms with Crippen molar-refractivity contribution in [3.05, 3.63) is 47.3 Å². The van der Waals surface area contributed by atoms with Crippen molar-refractivity contribution >= 4 is 17.5 Å². The lowest BCUT2D eigenvalue weighted by atomic mass is 9.76. The highest BCUT2D eigenvalue weighted by Gasteiger charge is 2.66. The number of nitrogens with two attached hydrogens (primary N) is 1. The van der Waals surface area contributed by atoms with Gasteiger partial charge in [-0.1, -0.05) is 6.92 Å². The summed E-state index contributed by atoms with van der Waals surface area (Å²) < 4.78 is 115. The van der Waals surface area contributed by atoms with Crippen molar-refractivity contribution in [1.82, 2.24) is 4.98 Å². The number of benzene rings is 1. The lowest BCUT2D eigenvalue weighted by Crippen LogP contribution is -2.47. The number of halogens is 7. The van der Waals surface area contributed by atoms with Crippen LogP contribution in [0, 0.1) is 17.6 Å². The smallest absolute Gasteiger partial charge is 0.417 e. The van der Waals surface area contributed by atoms with Crippen LogP contribution in [0.5, 0.6) is 11.5 Å². The Morgan fingerprint density at radius 3 is 2.38 bits per heavy atom. The van der Waals surface area contributed by atoms with Gasteiger partial charge in [0.05, 0.1) is 7.11 Å². The fourth-order valence-corrected chi connectivity index (χ4v) is 4.89. The predicted molar refractivity (Wildman–Crippen MR) is 124 cm³/mol. The van der Waals surface area contributed by atoms with Crippen LogP contribution >= 0.6 is 0 Å². The van der Waals surface area contributed by atoms with E-state index in [0.29, 0.717) is 6.92 Å². The Labute approximate surface area is 223 Å². The fourth-order valence-electron chi connectivity index (χ4n) is 4.89. The zero-order valence-electron chi connectivity index (χ0n) is 21.2. The standard InChI is InChI=1S/C25H24F7N3O5/c1-10-16(13-7-15(17(26)18(27)19(13)38-3)39-12-8-24(28,29)9-12)20(40-23(10,2)25(30,31)32)22(37)35-11-4-5-34-14(6-11)21(33)36/h4-7,10,12,16,20H,8-9H2,1-3H3,(H2,33,36)(H,34,35,37)/t10-,16-,20+,23+/m0/s1. The molecule has 2 fully saturated rings. The van der Waals surface area contributed by atoms with E-state index in [1.54, 1.807) is 0 Å². The van der Waals surface area contributed by atoms with E-state index < -0.39 is 95.1 Å². The number of aromatic nitrogens is 1. The van der Waals surface area contributed by atoms with Crippen LogP contribution in [0.25, 0.3) is 0 Å². The summed E-state index contributed by atoms with van der Waals surface area (Å²) in [7, 11) is 0.940. The molecule has 3 N–H and O–H groups in total. The molecule has 1 aromatic heterocycles. The Kier molecular flexibility index (Phi) is 7.41. The third-order valence-corrected chi connectivity index (χ3v) is 7.27. The molecule has 0 bridgehead atoms. The summed E-state index contributed by atoms with van der Waals surface area (Å²) in [5, 5.41) is 2.32. The van der Waals surface area contributed by atoms with Gasteiger partial charge in [-0.2, -0.15) is 22.0 Å². The maximum Gasteiger partial charge on any atom is 0.417 e. The normalized spacial score (nSPS) is 26.2. The molecule has 2 aromatic rings. The Bertz CT molecular complexity index is 1330. The van der Waals surface area contributed by atoms with Gasteiger partial charge >= 0.3 is 6.18 Å². The Hall–Kier alpha value is -3.62. The van der Waals surface area contributed by atoms with Crippen LogP contribution in [-0.2, 0) is 9.53 Å². The number of ether oxygens (including phenoxy) is 3. The van der Waals surface area contributed by atoms with Gasteiger partial charge in [0.2, 0.25) is 11.6 Å². The van der Waals surface area contributed by atoms with Gasteiger partial charge in [0.25, 0.3) is 17.7 Å². The van der Waals surface area contributed by atoms with Gasteiger partial charge in [-0.3, -0.25) is 14.6 Å². The van der Waals surface area contributed by atoms with E-state index in [2.05, 4.69) is 10.3 Å². The number of nitrogens with zero attached hydrogens (tertiary/aromatic N) is 1. The summed E-state index contributed by atoms with van der Waals surface area (Å²) in [6.45, 7) is 1.81. The number of hydrogen-bond acceptors (Lipinski definition) is 6. The molecule has 218 valence electrons. The minimum atomic E-state index is -5.02. The second-order valence-electron chi connectivity index (χ2n) is 9.87. The van der Waals surface area contributed by atoms with Gasteiger partial charge in [0.15, 0.2) is 17.1 Å². The third-order valence-electron chi connectivity index (χ3n) is 7.27. The van der Waals surface area contributed by atoms with Crippen LogP contribution in [0.15, 0.2) is 24.4 Å². The highest BCUT2D eigenvalue weighted by atomic mass is 19.4. The number of anilines is 1. The molecule has 1 aliphatic heterocycles. The lowest BCUT2D eigenvalue weighted by molar-refractivity contribution is -0.272. The van der Waals surface area contributed by atoms with E-state index in [9.17, 15) is 35.9 Å². The number of nitrogens with one attached hydrogen (secondary N) is 1. The topological polar surface area (TPSA) is 113 Å². The molecule has 4 rings (SSSR count). The highest BCUT2D eigenvalue weighted by Crippen LogP contribution is 2.56. The molecular formula is C25H24F7N3O5. The fraction of sp³-hybridized carbons (Fsp3) is 0.480. The van der Waals surface area contributed by atoms with Crippen LogP contribution in [0.2, 0.25) is 0 Å². The monoisotopic (exact) mass is 579 g/mol. The number of primary amides is 1. The molecule has 0 spiro atoms. The number of alkyl halides is 5. The van der Waals surface area contributed by atoms with Crippen molar-refractivity contribution in [1.29, 1.82) is 0 Å². The van der Waals surface area contributed by atoms with Crippen LogP contribution in [0.1, 0.15) is 48.7 Å². The van der Waals surface area contributed by atoms with Gasteiger partial charge in [-0.15, -0.1) is 0 Å². The highest BCUT2D eigenvalue weighted by molar-refractivity contribution is 5.97. The molecule has 0 unspecified atom stereocenters. The van der Waals surface area contributed by atoms with Gasteiger partial charge < -0.3 is 25.3 Å². The number of pyridine rings is 1. The minimum Gasteiger partial charge on any atom is -0.493 e. The summed E-state index contributed by atoms with van der Waals surface area (Å²) in [6, 6.07) is 3.15. The summed E-state index contributed by atoms with van der Waals surface area (Å²) in [6.07, 6.45) is -8.56. The SMILES string of the molecule is COc1c([C@H]2[C@H](C(=O)Nc3ccnc(C(N)=O)c3)O[C@@](C)(C(F)(F)F)[C@H]2C)cc(OC2CC(F)(F)C2)c(F)c1F. The third kappa shape index (κ3) is 5.13. The molecular weight excluding hydrogens is 555 g/mol. The van der Waals surface area contributed by atoms with E-state index in [1.807, 2.05) is 0 Å². The lowest BCUT2D eigenvalue weighted by Gasteiger charge is -2.35. The maximum absolute atomic E-state index is 15.1. The van der Waals surface area contributed by atoms with Crippen molar-refractivity contribution < 1.29 is 54.5 Å². The molecule has 1 saturated carbocycles. The van der Waals surface area contributed by atoms with Gasteiger partial charge in [0, 0.05) is 42.1 Å². The zero-order valence-corrected chi connectivity index (χ0v) is 21.2. The first-order chi connectivity index (χ1) is 18.5. The van der Waals surface area contributed by atoms with E-state index in [0.717, 1.165) is 32.4 Å². The molecule has 8 nitrogen and oxygen atoms in total. The van der Waals surface area contributed by atoms with Crippen LogP contribution in [0.4, 0.5) is 36.4 Å². The molecule has 15 heteroatoms. The van der Waals surface area contributed by atoms with Gasteiger partial charge in [-0.25, -0.2) is 8.78 Å². The summed E-state index contributed by atoms with van der Waals surface area (Å²) in [5.41, 5.74) is 1.52. The first-order valence-electron chi connectivity index (χ1n) is 11.9. The second-order valence-corrected chi connectivity index (χ2v) is 9.87. The summed E-state index contributed by atoms with van der Waals surface area (Å²) in [4.78, 5) is 28.5. The molecule has 2 heterocycles. The van der Waals surface area contributed by atoms with E-state index in [-0.39, 0.29) is 11.4 Å². The minimum absolute atomic E-state index is 0.0587. The Morgan fingerprint density at radius 1 is 1.18 bits per heavy atom. The van der Waals surface area contributed by atoms with Crippen LogP contribution < -0.4 is 20.5 Å². The van der Waals surface area contributed by atoms with Crippen LogP contribution in [0.3, 0.4) is 0 Å². The van der Waals surface area contributed by atoms with Crippen molar-refractivity contribution in [2.75, 3.05) is 12.4 Å². The molecule has 1 aromatic carbocycles. The molecule has 2 amide bonds. The molecule has 2 aliphatic rings. The molecule has 1 aliphatic carbocycles. The average Bonchev–Trinajstić information content (AvgIpc) is 3.12. The average molecular weight is 579 g/mol. The first-order valence-corrected chi connectivity index (χ1v) is 11.9. The van der Waals surface area contributed by atoms with E-state index >= 15 is 4.39 Å². The van der Waals surface area contributed by atoms with Gasteiger partial charge in [-0.05, 0) is 25.1 Å². The number of carbonyl (C=O) groups excluding carboxylic acids is 2. The quantitative estimate of drug-likeness (QED) is 0.459. The zero-order chi connectivity index (χ0) is 29.8. The molecule has 4 atom stereocenters. The van der Waals surface area contributed by atoms with Gasteiger partial charge in [0.1, 0.15) is 17.9 Å². The number of amides is 2. The molecule has 1 saturated heterocycles. The predicted octanol–water partition coefficient (Wildman–Crippen LogP) is 4.72. The number of hydrogen-bond donors (Lipinski definition) is 2. The Morgan fingerprint density at radius 2 is 1.82 bits per heavy atom. The van der Waals surface area contributed by atoms with E-state index in [1.165, 1.54) is 6.07 Å². The van der Waals surface area contributed by atoms with Crippen molar-refractivity contribution in [2.45, 2.75) is 62.5 Å².